The molecular formula is C20H22Cl2N2O. The normalized spacial score (nSPS) is 14.4. The van der Waals surface area contributed by atoms with Gasteiger partial charge in [0.05, 0.1) is 10.0 Å². The minimum Gasteiger partial charge on any atom is -0.372 e. The third-order valence-electron chi connectivity index (χ3n) is 4.50. The van der Waals surface area contributed by atoms with E-state index < -0.39 is 0 Å². The monoisotopic (exact) mass is 376 g/mol. The summed E-state index contributed by atoms with van der Waals surface area (Å²) < 4.78 is 0. The Morgan fingerprint density at radius 2 is 1.68 bits per heavy atom. The third kappa shape index (κ3) is 5.13. The smallest absolute Gasteiger partial charge is 0.224 e. The first-order valence-corrected chi connectivity index (χ1v) is 9.46. The molecule has 2 aromatic rings. The Morgan fingerprint density at radius 3 is 2.36 bits per heavy atom. The summed E-state index contributed by atoms with van der Waals surface area (Å²) >= 11 is 11.9. The number of carbonyl (C=O) groups excluding carboxylic acids is 1. The quantitative estimate of drug-likeness (QED) is 0.740. The lowest BCUT2D eigenvalue weighted by atomic mass is 10.1. The van der Waals surface area contributed by atoms with Crippen molar-refractivity contribution in [2.24, 2.45) is 0 Å². The first-order chi connectivity index (χ1) is 12.1. The fourth-order valence-electron chi connectivity index (χ4n) is 3.08. The van der Waals surface area contributed by atoms with Crippen molar-refractivity contribution in [1.82, 2.24) is 0 Å². The van der Waals surface area contributed by atoms with Gasteiger partial charge in [-0.3, -0.25) is 4.79 Å². The van der Waals surface area contributed by atoms with Crippen LogP contribution >= 0.6 is 23.2 Å². The van der Waals surface area contributed by atoms with Gasteiger partial charge in [-0.15, -0.1) is 0 Å². The highest BCUT2D eigenvalue weighted by Crippen LogP contribution is 2.24. The average molecular weight is 377 g/mol. The number of amides is 1. The Morgan fingerprint density at radius 1 is 0.960 bits per heavy atom. The molecule has 0 atom stereocenters. The van der Waals surface area contributed by atoms with Gasteiger partial charge in [0.25, 0.3) is 0 Å². The highest BCUT2D eigenvalue weighted by atomic mass is 35.5. The standard InChI is InChI=1S/C20H22Cl2N2O/c21-18-10-4-15(14-19(18)22)5-11-20(25)23-16-6-8-17(9-7-16)24-12-2-1-3-13-24/h4,6-10,14H,1-3,5,11-13H2,(H,23,25). The molecule has 1 amide bonds. The third-order valence-corrected chi connectivity index (χ3v) is 5.24. The molecule has 3 nitrogen and oxygen atoms in total. The van der Waals surface area contributed by atoms with Crippen molar-refractivity contribution in [2.75, 3.05) is 23.3 Å². The fourth-order valence-corrected chi connectivity index (χ4v) is 3.40. The first kappa shape index (κ1) is 18.1. The summed E-state index contributed by atoms with van der Waals surface area (Å²) in [6.45, 7) is 2.24. The van der Waals surface area contributed by atoms with Crippen molar-refractivity contribution in [3.63, 3.8) is 0 Å². The molecule has 0 aromatic heterocycles. The van der Waals surface area contributed by atoms with Gasteiger partial charge in [-0.05, 0) is 67.6 Å². The lowest BCUT2D eigenvalue weighted by Crippen LogP contribution is -2.29. The summed E-state index contributed by atoms with van der Waals surface area (Å²) in [5.74, 6) is -0.00297. The summed E-state index contributed by atoms with van der Waals surface area (Å²) in [7, 11) is 0. The van der Waals surface area contributed by atoms with Crippen LogP contribution in [0.15, 0.2) is 42.5 Å². The Hall–Kier alpha value is -1.71. The Labute approximate surface area is 158 Å². The van der Waals surface area contributed by atoms with Crippen molar-refractivity contribution in [1.29, 1.82) is 0 Å². The molecule has 0 aliphatic carbocycles. The van der Waals surface area contributed by atoms with Crippen molar-refractivity contribution < 1.29 is 4.79 Å². The maximum Gasteiger partial charge on any atom is 0.224 e. The van der Waals surface area contributed by atoms with Gasteiger partial charge in [-0.1, -0.05) is 29.3 Å². The lowest BCUT2D eigenvalue weighted by Gasteiger charge is -2.28. The van der Waals surface area contributed by atoms with Crippen molar-refractivity contribution in [3.05, 3.63) is 58.1 Å². The van der Waals surface area contributed by atoms with Crippen LogP contribution in [0.4, 0.5) is 11.4 Å². The number of nitrogens with zero attached hydrogens (tertiary/aromatic N) is 1. The van der Waals surface area contributed by atoms with Gasteiger partial charge in [-0.25, -0.2) is 0 Å². The number of hydrogen-bond donors (Lipinski definition) is 1. The molecule has 1 aliphatic heterocycles. The lowest BCUT2D eigenvalue weighted by molar-refractivity contribution is -0.116. The van der Waals surface area contributed by atoms with Crippen LogP contribution < -0.4 is 10.2 Å². The van der Waals surface area contributed by atoms with Crippen LogP contribution in [0.3, 0.4) is 0 Å². The zero-order valence-electron chi connectivity index (χ0n) is 14.1. The van der Waals surface area contributed by atoms with E-state index in [1.54, 1.807) is 6.07 Å². The zero-order chi connectivity index (χ0) is 17.6. The minimum absolute atomic E-state index is 0.00297. The van der Waals surface area contributed by atoms with E-state index in [-0.39, 0.29) is 5.91 Å². The predicted molar refractivity (Wildman–Crippen MR) is 106 cm³/mol. The molecule has 1 aliphatic rings. The van der Waals surface area contributed by atoms with E-state index in [1.165, 1.54) is 24.9 Å². The molecule has 25 heavy (non-hydrogen) atoms. The first-order valence-electron chi connectivity index (χ1n) is 8.70. The Balaban J connectivity index is 1.51. The van der Waals surface area contributed by atoms with E-state index in [0.717, 1.165) is 24.3 Å². The van der Waals surface area contributed by atoms with Crippen LogP contribution in [0, 0.1) is 0 Å². The predicted octanol–water partition coefficient (Wildman–Crippen LogP) is 5.56. The number of rotatable bonds is 5. The van der Waals surface area contributed by atoms with Gasteiger partial charge < -0.3 is 10.2 Å². The SMILES string of the molecule is O=C(CCc1ccc(Cl)c(Cl)c1)Nc1ccc(N2CCCCC2)cc1. The van der Waals surface area contributed by atoms with Gasteiger partial charge in [0.2, 0.25) is 5.91 Å². The molecule has 5 heteroatoms. The molecule has 1 fully saturated rings. The van der Waals surface area contributed by atoms with E-state index in [2.05, 4.69) is 22.3 Å². The zero-order valence-corrected chi connectivity index (χ0v) is 15.6. The second-order valence-corrected chi connectivity index (χ2v) is 7.21. The highest BCUT2D eigenvalue weighted by molar-refractivity contribution is 6.42. The van der Waals surface area contributed by atoms with E-state index in [0.29, 0.717) is 22.9 Å². The van der Waals surface area contributed by atoms with Crippen LogP contribution in [-0.2, 0) is 11.2 Å². The topological polar surface area (TPSA) is 32.3 Å². The Bertz CT molecular complexity index is 725. The van der Waals surface area contributed by atoms with Crippen LogP contribution in [-0.4, -0.2) is 19.0 Å². The van der Waals surface area contributed by atoms with Crippen LogP contribution in [0.25, 0.3) is 0 Å². The molecule has 2 aromatic carbocycles. The summed E-state index contributed by atoms with van der Waals surface area (Å²) in [6.07, 6.45) is 4.88. The minimum atomic E-state index is -0.00297. The van der Waals surface area contributed by atoms with Crippen molar-refractivity contribution >= 4 is 40.5 Å². The molecule has 0 spiro atoms. The van der Waals surface area contributed by atoms with Crippen LogP contribution in [0.1, 0.15) is 31.2 Å². The van der Waals surface area contributed by atoms with Gasteiger partial charge in [0.15, 0.2) is 0 Å². The Kier molecular flexibility index (Phi) is 6.22. The number of anilines is 2. The molecule has 0 saturated carbocycles. The van der Waals surface area contributed by atoms with Crippen molar-refractivity contribution in [3.8, 4) is 0 Å². The van der Waals surface area contributed by atoms with E-state index in [1.807, 2.05) is 24.3 Å². The number of halogens is 2. The number of carbonyl (C=O) groups is 1. The molecule has 1 N–H and O–H groups in total. The van der Waals surface area contributed by atoms with Crippen LogP contribution in [0.2, 0.25) is 10.0 Å². The largest absolute Gasteiger partial charge is 0.372 e. The number of aryl methyl sites for hydroxylation is 1. The van der Waals surface area contributed by atoms with E-state index in [9.17, 15) is 4.79 Å². The maximum atomic E-state index is 12.1. The van der Waals surface area contributed by atoms with Gasteiger partial charge in [-0.2, -0.15) is 0 Å². The number of piperidine rings is 1. The summed E-state index contributed by atoms with van der Waals surface area (Å²) in [4.78, 5) is 14.5. The average Bonchev–Trinajstić information content (AvgIpc) is 2.64. The molecule has 132 valence electrons. The molecule has 1 saturated heterocycles. The van der Waals surface area contributed by atoms with Crippen LogP contribution in [0.5, 0.6) is 0 Å². The van der Waals surface area contributed by atoms with Gasteiger partial charge in [0.1, 0.15) is 0 Å². The molecular weight excluding hydrogens is 355 g/mol. The number of hydrogen-bond acceptors (Lipinski definition) is 2. The fraction of sp³-hybridized carbons (Fsp3) is 0.350. The molecule has 0 bridgehead atoms. The molecule has 0 unspecified atom stereocenters. The second-order valence-electron chi connectivity index (χ2n) is 6.39. The summed E-state index contributed by atoms with van der Waals surface area (Å²) in [5, 5.41) is 4.00. The number of nitrogens with one attached hydrogen (secondary N) is 1. The van der Waals surface area contributed by atoms with E-state index in [4.69, 9.17) is 23.2 Å². The second kappa shape index (κ2) is 8.59. The molecule has 0 radical (unpaired) electrons. The maximum absolute atomic E-state index is 12.1. The summed E-state index contributed by atoms with van der Waals surface area (Å²) in [5.41, 5.74) is 3.07. The molecule has 3 rings (SSSR count). The molecule has 1 heterocycles. The highest BCUT2D eigenvalue weighted by Gasteiger charge is 2.11. The van der Waals surface area contributed by atoms with E-state index >= 15 is 0 Å². The van der Waals surface area contributed by atoms with Gasteiger partial charge in [0, 0.05) is 30.9 Å². The van der Waals surface area contributed by atoms with Crippen molar-refractivity contribution in [2.45, 2.75) is 32.1 Å². The van der Waals surface area contributed by atoms with Gasteiger partial charge >= 0.3 is 0 Å². The summed E-state index contributed by atoms with van der Waals surface area (Å²) in [6, 6.07) is 13.6. The number of benzene rings is 2.